The molecule has 2 aromatic rings. The van der Waals surface area contributed by atoms with Gasteiger partial charge in [-0.25, -0.2) is 0 Å². The van der Waals surface area contributed by atoms with Gasteiger partial charge in [0.1, 0.15) is 0 Å². The molecule has 0 aliphatic carbocycles. The monoisotopic (exact) mass is 349 g/mol. The number of halogens is 1. The van der Waals surface area contributed by atoms with E-state index in [0.717, 1.165) is 5.56 Å². The molecule has 6 nitrogen and oxygen atoms in total. The molecule has 0 bridgehead atoms. The Labute approximate surface area is 129 Å². The maximum absolute atomic E-state index is 12.1. The summed E-state index contributed by atoms with van der Waals surface area (Å²) in [5.41, 5.74) is 8.01. The number of non-ortho nitro benzene ring substituents is 1. The number of nitrogens with two attached hydrogens (primary N) is 1. The largest absolute Gasteiger partial charge is 0.398 e. The van der Waals surface area contributed by atoms with Crippen LogP contribution in [0.3, 0.4) is 0 Å². The van der Waals surface area contributed by atoms with Crippen molar-refractivity contribution in [3.05, 3.63) is 62.1 Å². The fourth-order valence-electron chi connectivity index (χ4n) is 1.70. The summed E-state index contributed by atoms with van der Waals surface area (Å²) in [6.07, 6.45) is 0. The SMILES string of the molecule is Cc1ccc(C(=O)Nc2ccc([N+](=O)[O-])cc2Br)cc1N. The molecule has 0 fully saturated rings. The zero-order valence-corrected chi connectivity index (χ0v) is 12.7. The lowest BCUT2D eigenvalue weighted by Gasteiger charge is -2.08. The van der Waals surface area contributed by atoms with Crippen molar-refractivity contribution in [2.24, 2.45) is 0 Å². The second-order valence-electron chi connectivity index (χ2n) is 4.45. The number of carbonyl (C=O) groups excluding carboxylic acids is 1. The van der Waals surface area contributed by atoms with Crippen molar-refractivity contribution in [1.82, 2.24) is 0 Å². The molecule has 0 unspecified atom stereocenters. The van der Waals surface area contributed by atoms with E-state index in [2.05, 4.69) is 21.2 Å². The minimum absolute atomic E-state index is 0.0561. The van der Waals surface area contributed by atoms with Gasteiger partial charge in [0, 0.05) is 27.9 Å². The van der Waals surface area contributed by atoms with Gasteiger partial charge >= 0.3 is 0 Å². The first kappa shape index (κ1) is 15.0. The summed E-state index contributed by atoms with van der Waals surface area (Å²) in [5, 5.41) is 13.3. The molecular formula is C14H12BrN3O3. The lowest BCUT2D eigenvalue weighted by Crippen LogP contribution is -2.13. The van der Waals surface area contributed by atoms with Crippen LogP contribution in [-0.2, 0) is 0 Å². The molecule has 108 valence electrons. The lowest BCUT2D eigenvalue weighted by atomic mass is 10.1. The molecule has 7 heteroatoms. The summed E-state index contributed by atoms with van der Waals surface area (Å²) >= 11 is 3.20. The number of carbonyl (C=O) groups is 1. The maximum Gasteiger partial charge on any atom is 0.270 e. The van der Waals surface area contributed by atoms with E-state index in [0.29, 0.717) is 21.4 Å². The van der Waals surface area contributed by atoms with Crippen LogP contribution in [0.5, 0.6) is 0 Å². The van der Waals surface area contributed by atoms with Gasteiger partial charge in [-0.15, -0.1) is 0 Å². The molecule has 0 aliphatic heterocycles. The highest BCUT2D eigenvalue weighted by atomic mass is 79.9. The Hall–Kier alpha value is -2.41. The normalized spacial score (nSPS) is 10.2. The first-order valence-corrected chi connectivity index (χ1v) is 6.79. The Kier molecular flexibility index (Phi) is 4.23. The van der Waals surface area contributed by atoms with E-state index < -0.39 is 4.92 Å². The van der Waals surface area contributed by atoms with Crippen LogP contribution in [-0.4, -0.2) is 10.8 Å². The minimum atomic E-state index is -0.503. The molecule has 2 aromatic carbocycles. The Morgan fingerprint density at radius 2 is 2.00 bits per heavy atom. The van der Waals surface area contributed by atoms with Crippen LogP contribution in [0.15, 0.2) is 40.9 Å². The number of nitro benzene ring substituents is 1. The third-order valence-electron chi connectivity index (χ3n) is 2.95. The van der Waals surface area contributed by atoms with Crippen LogP contribution in [0.4, 0.5) is 17.1 Å². The average Bonchev–Trinajstić information content (AvgIpc) is 2.43. The smallest absolute Gasteiger partial charge is 0.270 e. The molecule has 21 heavy (non-hydrogen) atoms. The number of nitro groups is 1. The van der Waals surface area contributed by atoms with E-state index in [-0.39, 0.29) is 11.6 Å². The first-order valence-electron chi connectivity index (χ1n) is 6.00. The molecule has 0 spiro atoms. The van der Waals surface area contributed by atoms with E-state index in [1.807, 2.05) is 6.92 Å². The average molecular weight is 350 g/mol. The maximum atomic E-state index is 12.1. The number of aryl methyl sites for hydroxylation is 1. The highest BCUT2D eigenvalue weighted by Gasteiger charge is 2.12. The van der Waals surface area contributed by atoms with Gasteiger partial charge in [0.2, 0.25) is 0 Å². The second kappa shape index (κ2) is 5.92. The Morgan fingerprint density at radius 1 is 1.29 bits per heavy atom. The van der Waals surface area contributed by atoms with Crippen LogP contribution >= 0.6 is 15.9 Å². The molecule has 0 saturated carbocycles. The summed E-state index contributed by atoms with van der Waals surface area (Å²) in [5.74, 6) is -0.337. The fraction of sp³-hybridized carbons (Fsp3) is 0.0714. The predicted octanol–water partition coefficient (Wildman–Crippen LogP) is 3.50. The standard InChI is InChI=1S/C14H12BrN3O3/c1-8-2-3-9(6-12(8)16)14(19)17-13-5-4-10(18(20)21)7-11(13)15/h2-7H,16H2,1H3,(H,17,19). The molecular weight excluding hydrogens is 338 g/mol. The van der Waals surface area contributed by atoms with Crippen LogP contribution in [0.2, 0.25) is 0 Å². The van der Waals surface area contributed by atoms with E-state index in [9.17, 15) is 14.9 Å². The topological polar surface area (TPSA) is 98.3 Å². The zero-order valence-electron chi connectivity index (χ0n) is 11.1. The van der Waals surface area contributed by atoms with Gasteiger partial charge < -0.3 is 11.1 Å². The quantitative estimate of drug-likeness (QED) is 0.503. The lowest BCUT2D eigenvalue weighted by molar-refractivity contribution is -0.384. The van der Waals surface area contributed by atoms with Gasteiger partial charge in [0.05, 0.1) is 10.6 Å². The number of amides is 1. The van der Waals surface area contributed by atoms with E-state index >= 15 is 0 Å². The number of nitrogens with zero attached hydrogens (tertiary/aromatic N) is 1. The summed E-state index contributed by atoms with van der Waals surface area (Å²) < 4.78 is 0.435. The molecule has 0 aliphatic rings. The van der Waals surface area contributed by atoms with Crippen LogP contribution in [0, 0.1) is 17.0 Å². The van der Waals surface area contributed by atoms with Crippen molar-refractivity contribution in [2.45, 2.75) is 6.92 Å². The number of rotatable bonds is 3. The molecule has 0 atom stereocenters. The summed E-state index contributed by atoms with van der Waals surface area (Å²) in [6, 6.07) is 9.14. The Morgan fingerprint density at radius 3 is 2.57 bits per heavy atom. The van der Waals surface area contributed by atoms with Crippen molar-refractivity contribution in [3.63, 3.8) is 0 Å². The van der Waals surface area contributed by atoms with Gasteiger partial charge in [-0.3, -0.25) is 14.9 Å². The predicted molar refractivity (Wildman–Crippen MR) is 84.3 cm³/mol. The summed E-state index contributed by atoms with van der Waals surface area (Å²) in [4.78, 5) is 22.3. The molecule has 0 radical (unpaired) electrons. The fourth-order valence-corrected chi connectivity index (χ4v) is 2.16. The molecule has 0 aromatic heterocycles. The number of hydrogen-bond acceptors (Lipinski definition) is 4. The number of hydrogen-bond donors (Lipinski definition) is 2. The number of nitrogens with one attached hydrogen (secondary N) is 1. The van der Waals surface area contributed by atoms with Gasteiger partial charge in [-0.05, 0) is 46.6 Å². The van der Waals surface area contributed by atoms with Crippen molar-refractivity contribution in [1.29, 1.82) is 0 Å². The van der Waals surface area contributed by atoms with Crippen molar-refractivity contribution >= 4 is 38.9 Å². The second-order valence-corrected chi connectivity index (χ2v) is 5.30. The third-order valence-corrected chi connectivity index (χ3v) is 3.61. The Balaban J connectivity index is 2.23. The van der Waals surface area contributed by atoms with E-state index in [1.54, 1.807) is 18.2 Å². The molecule has 3 N–H and O–H groups in total. The van der Waals surface area contributed by atoms with Gasteiger partial charge in [0.15, 0.2) is 0 Å². The van der Waals surface area contributed by atoms with Crippen molar-refractivity contribution in [3.8, 4) is 0 Å². The zero-order chi connectivity index (χ0) is 15.6. The van der Waals surface area contributed by atoms with Crippen LogP contribution in [0.1, 0.15) is 15.9 Å². The highest BCUT2D eigenvalue weighted by molar-refractivity contribution is 9.10. The number of benzene rings is 2. The molecule has 1 amide bonds. The van der Waals surface area contributed by atoms with Crippen molar-refractivity contribution in [2.75, 3.05) is 11.1 Å². The number of anilines is 2. The van der Waals surface area contributed by atoms with Gasteiger partial charge in [-0.1, -0.05) is 6.07 Å². The first-order chi connectivity index (χ1) is 9.88. The molecule has 2 rings (SSSR count). The summed E-state index contributed by atoms with van der Waals surface area (Å²) in [6.45, 7) is 1.85. The van der Waals surface area contributed by atoms with Crippen LogP contribution < -0.4 is 11.1 Å². The highest BCUT2D eigenvalue weighted by Crippen LogP contribution is 2.27. The molecule has 0 heterocycles. The van der Waals surface area contributed by atoms with Gasteiger partial charge in [-0.2, -0.15) is 0 Å². The Bertz CT molecular complexity index is 731. The number of nitrogen functional groups attached to an aromatic ring is 1. The van der Waals surface area contributed by atoms with E-state index in [1.165, 1.54) is 18.2 Å². The summed E-state index contributed by atoms with van der Waals surface area (Å²) in [7, 11) is 0. The third kappa shape index (κ3) is 3.38. The minimum Gasteiger partial charge on any atom is -0.398 e. The van der Waals surface area contributed by atoms with E-state index in [4.69, 9.17) is 5.73 Å². The van der Waals surface area contributed by atoms with Crippen LogP contribution in [0.25, 0.3) is 0 Å². The van der Waals surface area contributed by atoms with Crippen molar-refractivity contribution < 1.29 is 9.72 Å². The molecule has 0 saturated heterocycles. The van der Waals surface area contributed by atoms with Gasteiger partial charge in [0.25, 0.3) is 11.6 Å².